The number of hydrogen-bond donors (Lipinski definition) is 0. The van der Waals surface area contributed by atoms with Crippen molar-refractivity contribution in [2.75, 3.05) is 0 Å². The summed E-state index contributed by atoms with van der Waals surface area (Å²) in [7, 11) is 0. The molecule has 0 amide bonds. The van der Waals surface area contributed by atoms with Crippen LogP contribution in [-0.4, -0.2) is 15.6 Å². The highest BCUT2D eigenvalue weighted by Crippen LogP contribution is 2.27. The van der Waals surface area contributed by atoms with Gasteiger partial charge in [-0.1, -0.05) is 0 Å². The molecular weight excluding hydrogens is 288 g/mol. The summed E-state index contributed by atoms with van der Waals surface area (Å²) in [6, 6.07) is 6.04. The molecule has 21 heavy (non-hydrogen) atoms. The summed E-state index contributed by atoms with van der Waals surface area (Å²) >= 11 is 0. The lowest BCUT2D eigenvalue weighted by atomic mass is 10.1. The second-order valence-electron chi connectivity index (χ2n) is 4.50. The van der Waals surface area contributed by atoms with Gasteiger partial charge in [-0.25, -0.2) is 4.39 Å². The maximum absolute atomic E-state index is 12.7. The molecule has 2 aromatic rings. The Morgan fingerprint density at radius 1 is 1.14 bits per heavy atom. The maximum atomic E-state index is 12.7. The van der Waals surface area contributed by atoms with Gasteiger partial charge in [0, 0.05) is 24.7 Å². The first-order valence-corrected chi connectivity index (χ1v) is 6.26. The van der Waals surface area contributed by atoms with Gasteiger partial charge >= 0.3 is 6.18 Å². The summed E-state index contributed by atoms with van der Waals surface area (Å²) in [5.74, 6) is -0.610. The molecule has 0 N–H and O–H groups in total. The van der Waals surface area contributed by atoms with E-state index < -0.39 is 17.7 Å². The highest BCUT2D eigenvalue weighted by molar-refractivity contribution is 5.95. The molecule has 0 aliphatic carbocycles. The monoisotopic (exact) mass is 300 g/mol. The summed E-state index contributed by atoms with van der Waals surface area (Å²) < 4.78 is 50.9. The minimum absolute atomic E-state index is 0.160. The zero-order valence-corrected chi connectivity index (χ0v) is 10.9. The highest BCUT2D eigenvalue weighted by atomic mass is 19.4. The third-order valence-electron chi connectivity index (χ3n) is 2.89. The number of rotatable bonds is 5. The number of halogens is 4. The Morgan fingerprint density at radius 2 is 1.81 bits per heavy atom. The maximum Gasteiger partial charge on any atom is 0.435 e. The Hall–Kier alpha value is -2.18. The van der Waals surface area contributed by atoms with Gasteiger partial charge in [0.25, 0.3) is 0 Å². The molecule has 0 aliphatic heterocycles. The van der Waals surface area contributed by atoms with E-state index in [1.54, 1.807) is 0 Å². The molecule has 1 aromatic carbocycles. The van der Waals surface area contributed by atoms with E-state index in [-0.39, 0.29) is 18.7 Å². The van der Waals surface area contributed by atoms with Gasteiger partial charge in [0.15, 0.2) is 11.5 Å². The summed E-state index contributed by atoms with van der Waals surface area (Å²) in [5, 5.41) is 3.39. The van der Waals surface area contributed by atoms with Crippen molar-refractivity contribution in [1.29, 1.82) is 0 Å². The number of carbonyl (C=O) groups excluding carboxylic acids is 1. The predicted octanol–water partition coefficient (Wildman–Crippen LogP) is 3.70. The van der Waals surface area contributed by atoms with Crippen LogP contribution in [0.2, 0.25) is 0 Å². The van der Waals surface area contributed by atoms with E-state index in [2.05, 4.69) is 5.10 Å². The molecule has 0 radical (unpaired) electrons. The van der Waals surface area contributed by atoms with Crippen LogP contribution in [0.5, 0.6) is 0 Å². The Labute approximate surface area is 118 Å². The molecule has 2 rings (SSSR count). The van der Waals surface area contributed by atoms with Crippen LogP contribution in [-0.2, 0) is 12.7 Å². The lowest BCUT2D eigenvalue weighted by Crippen LogP contribution is -2.09. The molecule has 112 valence electrons. The van der Waals surface area contributed by atoms with Gasteiger partial charge in [-0.2, -0.15) is 18.3 Å². The summed E-state index contributed by atoms with van der Waals surface area (Å²) in [6.07, 6.45) is -2.72. The van der Waals surface area contributed by atoms with Crippen LogP contribution in [0, 0.1) is 5.82 Å². The average molecular weight is 300 g/mol. The van der Waals surface area contributed by atoms with E-state index in [1.165, 1.54) is 30.5 Å². The zero-order valence-electron chi connectivity index (χ0n) is 10.9. The predicted molar refractivity (Wildman–Crippen MR) is 67.2 cm³/mol. The molecule has 0 atom stereocenters. The number of Topliss-reactive ketones (excluding diaryl/α,β-unsaturated/α-hetero) is 1. The lowest BCUT2D eigenvalue weighted by Gasteiger charge is -2.03. The van der Waals surface area contributed by atoms with Gasteiger partial charge in [-0.05, 0) is 36.8 Å². The zero-order chi connectivity index (χ0) is 15.5. The van der Waals surface area contributed by atoms with Crippen molar-refractivity contribution >= 4 is 5.78 Å². The molecule has 0 spiro atoms. The van der Waals surface area contributed by atoms with Crippen LogP contribution in [0.25, 0.3) is 0 Å². The second-order valence-corrected chi connectivity index (χ2v) is 4.50. The lowest BCUT2D eigenvalue weighted by molar-refractivity contribution is -0.141. The second kappa shape index (κ2) is 6.07. The van der Waals surface area contributed by atoms with Crippen LogP contribution in [0.4, 0.5) is 17.6 Å². The fourth-order valence-corrected chi connectivity index (χ4v) is 1.82. The Morgan fingerprint density at radius 3 is 2.38 bits per heavy atom. The standard InChI is InChI=1S/C14H12F4N2O/c15-11-5-3-10(4-6-11)12(21)2-1-8-20-9-7-13(19-20)14(16,17)18/h3-7,9H,1-2,8H2. The molecule has 1 heterocycles. The average Bonchev–Trinajstić information content (AvgIpc) is 2.88. The minimum atomic E-state index is -4.46. The van der Waals surface area contributed by atoms with Gasteiger partial charge in [0.1, 0.15) is 5.82 Å². The molecule has 1 aromatic heterocycles. The van der Waals surface area contributed by atoms with Gasteiger partial charge < -0.3 is 0 Å². The van der Waals surface area contributed by atoms with Gasteiger partial charge in [0.2, 0.25) is 0 Å². The Bertz CT molecular complexity index is 617. The molecule has 3 nitrogen and oxygen atoms in total. The largest absolute Gasteiger partial charge is 0.435 e. The van der Waals surface area contributed by atoms with Crippen LogP contribution in [0.3, 0.4) is 0 Å². The van der Waals surface area contributed by atoms with Crippen LogP contribution >= 0.6 is 0 Å². The number of ketones is 1. The minimum Gasteiger partial charge on any atom is -0.294 e. The molecule has 0 saturated carbocycles. The molecule has 0 fully saturated rings. The third kappa shape index (κ3) is 4.14. The SMILES string of the molecule is O=C(CCCn1ccc(C(F)(F)F)n1)c1ccc(F)cc1. The topological polar surface area (TPSA) is 34.9 Å². The van der Waals surface area contributed by atoms with E-state index in [1.807, 2.05) is 0 Å². The number of benzene rings is 1. The van der Waals surface area contributed by atoms with Gasteiger partial charge in [-0.15, -0.1) is 0 Å². The molecular formula is C14H12F4N2O. The van der Waals surface area contributed by atoms with E-state index in [0.717, 1.165) is 10.7 Å². The van der Waals surface area contributed by atoms with Crippen molar-refractivity contribution in [2.24, 2.45) is 0 Å². The molecule has 0 saturated heterocycles. The molecule has 0 bridgehead atoms. The van der Waals surface area contributed by atoms with E-state index in [0.29, 0.717) is 12.0 Å². The first-order valence-electron chi connectivity index (χ1n) is 6.26. The normalized spacial score (nSPS) is 11.6. The number of alkyl halides is 3. The molecule has 0 unspecified atom stereocenters. The number of aryl methyl sites for hydroxylation is 1. The van der Waals surface area contributed by atoms with Crippen LogP contribution in [0.1, 0.15) is 28.9 Å². The number of carbonyl (C=O) groups is 1. The van der Waals surface area contributed by atoms with Crippen molar-refractivity contribution < 1.29 is 22.4 Å². The molecule has 7 heteroatoms. The fraction of sp³-hybridized carbons (Fsp3) is 0.286. The smallest absolute Gasteiger partial charge is 0.294 e. The van der Waals surface area contributed by atoms with E-state index >= 15 is 0 Å². The quantitative estimate of drug-likeness (QED) is 0.623. The van der Waals surface area contributed by atoms with Gasteiger partial charge in [0.05, 0.1) is 0 Å². The van der Waals surface area contributed by atoms with Crippen LogP contribution < -0.4 is 0 Å². The number of nitrogens with zero attached hydrogens (tertiary/aromatic N) is 2. The van der Waals surface area contributed by atoms with Crippen LogP contribution in [0.15, 0.2) is 36.5 Å². The fourth-order valence-electron chi connectivity index (χ4n) is 1.82. The summed E-state index contributed by atoms with van der Waals surface area (Å²) in [5.41, 5.74) is -0.569. The van der Waals surface area contributed by atoms with E-state index in [4.69, 9.17) is 0 Å². The summed E-state index contributed by atoms with van der Waals surface area (Å²) in [6.45, 7) is 0.211. The first kappa shape index (κ1) is 15.2. The van der Waals surface area contributed by atoms with Crippen molar-refractivity contribution in [2.45, 2.75) is 25.6 Å². The first-order chi connectivity index (χ1) is 9.86. The van der Waals surface area contributed by atoms with Gasteiger partial charge in [-0.3, -0.25) is 9.48 Å². The van der Waals surface area contributed by atoms with Crippen molar-refractivity contribution in [3.63, 3.8) is 0 Å². The number of aromatic nitrogens is 2. The summed E-state index contributed by atoms with van der Waals surface area (Å²) in [4.78, 5) is 11.8. The highest BCUT2D eigenvalue weighted by Gasteiger charge is 2.33. The number of hydrogen-bond acceptors (Lipinski definition) is 2. The third-order valence-corrected chi connectivity index (χ3v) is 2.89. The van der Waals surface area contributed by atoms with E-state index in [9.17, 15) is 22.4 Å². The molecule has 0 aliphatic rings. The Kier molecular flexibility index (Phi) is 4.40. The van der Waals surface area contributed by atoms with Crippen molar-refractivity contribution in [3.05, 3.63) is 53.6 Å². The van der Waals surface area contributed by atoms with Crippen molar-refractivity contribution in [1.82, 2.24) is 9.78 Å². The Balaban J connectivity index is 1.85. The van der Waals surface area contributed by atoms with Crippen molar-refractivity contribution in [3.8, 4) is 0 Å².